The fourth-order valence-electron chi connectivity index (χ4n) is 6.33. The highest BCUT2D eigenvalue weighted by atomic mass is 16.5. The summed E-state index contributed by atoms with van der Waals surface area (Å²) in [6.07, 6.45) is 4.46. The van der Waals surface area contributed by atoms with Crippen LogP contribution in [0.3, 0.4) is 0 Å². The van der Waals surface area contributed by atoms with E-state index in [0.717, 1.165) is 54.5 Å². The van der Waals surface area contributed by atoms with E-state index in [4.69, 9.17) is 42.4 Å². The topological polar surface area (TPSA) is 141 Å². The second-order valence-electron chi connectivity index (χ2n) is 12.7. The number of hydrogen-bond acceptors (Lipinski definition) is 12. The van der Waals surface area contributed by atoms with Crippen LogP contribution in [0.2, 0.25) is 0 Å². The molecule has 1 aromatic heterocycles. The Hall–Kier alpha value is -6.24. The summed E-state index contributed by atoms with van der Waals surface area (Å²) in [5.74, 6) is 5.08. The van der Waals surface area contributed by atoms with Crippen LogP contribution < -0.4 is 48.5 Å². The van der Waals surface area contributed by atoms with E-state index in [2.05, 4.69) is 15.8 Å². The lowest BCUT2D eigenvalue weighted by molar-refractivity contribution is 0.0935. The smallest absolute Gasteiger partial charge is 0.255 e. The Balaban J connectivity index is 0.946. The summed E-state index contributed by atoms with van der Waals surface area (Å²) < 4.78 is 50.8. The van der Waals surface area contributed by atoms with Crippen LogP contribution in [0, 0.1) is 0 Å². The average molecular weight is 754 g/mol. The first-order valence-electron chi connectivity index (χ1n) is 18.0. The van der Waals surface area contributed by atoms with E-state index >= 15 is 0 Å². The van der Waals surface area contributed by atoms with Gasteiger partial charge in [-0.3, -0.25) is 4.79 Å². The number of unbranched alkanes of at least 4 members (excludes halogenated alkanes) is 4. The Bertz CT molecular complexity index is 2060. The van der Waals surface area contributed by atoms with Crippen LogP contribution >= 0.6 is 0 Å². The maximum atomic E-state index is 12.8. The standard InChI is InChI=1S/C42H47N3O10/c1-47-29-14-15-31-30(24-29)42(46)44-41(43-31)27-13-17-34(36(21-27)49-3)53-18-10-8-7-9-11-19-54-37-20-26(12-16-33(37)48-2)32-25-35(55-45-32)28-22-38(50-4)40(52-6)39(23-28)51-5/h12-17,20-25,41,43H,7-11,18-19H2,1-6H3,(H,44,46). The third-order valence-electron chi connectivity index (χ3n) is 9.29. The third kappa shape index (κ3) is 8.94. The number of hydrogen-bond donors (Lipinski definition) is 2. The van der Waals surface area contributed by atoms with Gasteiger partial charge in [0.1, 0.15) is 17.6 Å². The van der Waals surface area contributed by atoms with Gasteiger partial charge >= 0.3 is 0 Å². The number of ether oxygens (including phenoxy) is 8. The molecule has 0 fully saturated rings. The van der Waals surface area contributed by atoms with Gasteiger partial charge in [0.25, 0.3) is 5.91 Å². The van der Waals surface area contributed by atoms with Crippen molar-refractivity contribution in [3.05, 3.63) is 83.9 Å². The van der Waals surface area contributed by atoms with E-state index < -0.39 is 6.17 Å². The van der Waals surface area contributed by atoms with Crippen molar-refractivity contribution in [3.63, 3.8) is 0 Å². The highest BCUT2D eigenvalue weighted by Crippen LogP contribution is 2.42. The molecule has 1 atom stereocenters. The third-order valence-corrected chi connectivity index (χ3v) is 9.29. The number of fused-ring (bicyclic) bond motifs is 1. The minimum atomic E-state index is -0.409. The number of nitrogens with zero attached hydrogens (tertiary/aromatic N) is 1. The monoisotopic (exact) mass is 753 g/mol. The summed E-state index contributed by atoms with van der Waals surface area (Å²) >= 11 is 0. The summed E-state index contributed by atoms with van der Waals surface area (Å²) in [5, 5.41) is 10.7. The molecule has 6 rings (SSSR count). The molecule has 1 unspecified atom stereocenters. The molecule has 2 heterocycles. The molecule has 0 radical (unpaired) electrons. The molecule has 13 heteroatoms. The molecule has 13 nitrogen and oxygen atoms in total. The Morgan fingerprint density at radius 2 is 1.24 bits per heavy atom. The van der Waals surface area contributed by atoms with Gasteiger partial charge in [-0.15, -0.1) is 0 Å². The van der Waals surface area contributed by atoms with E-state index in [1.807, 2.05) is 66.7 Å². The van der Waals surface area contributed by atoms with Crippen LogP contribution in [0.4, 0.5) is 5.69 Å². The van der Waals surface area contributed by atoms with E-state index in [1.54, 1.807) is 48.7 Å². The van der Waals surface area contributed by atoms with Gasteiger partial charge in [0.05, 0.1) is 61.4 Å². The molecule has 5 aromatic rings. The Kier molecular flexibility index (Phi) is 12.7. The lowest BCUT2D eigenvalue weighted by Crippen LogP contribution is -2.38. The van der Waals surface area contributed by atoms with Crippen LogP contribution in [0.5, 0.6) is 46.0 Å². The number of rotatable bonds is 19. The molecular formula is C42H47N3O10. The fourth-order valence-corrected chi connectivity index (χ4v) is 6.33. The first-order valence-corrected chi connectivity index (χ1v) is 18.0. The van der Waals surface area contributed by atoms with Crippen LogP contribution in [0.15, 0.2) is 77.3 Å². The van der Waals surface area contributed by atoms with Gasteiger partial charge in [-0.1, -0.05) is 30.5 Å². The summed E-state index contributed by atoms with van der Waals surface area (Å²) in [7, 11) is 9.51. The number of benzene rings is 4. The molecular weight excluding hydrogens is 706 g/mol. The molecule has 0 bridgehead atoms. The maximum Gasteiger partial charge on any atom is 0.255 e. The largest absolute Gasteiger partial charge is 0.497 e. The number of amides is 1. The molecule has 4 aromatic carbocycles. The molecule has 2 N–H and O–H groups in total. The van der Waals surface area contributed by atoms with E-state index in [-0.39, 0.29) is 5.91 Å². The molecule has 0 saturated heterocycles. The quantitative estimate of drug-likeness (QED) is 0.0784. The van der Waals surface area contributed by atoms with Crippen LogP contribution in [-0.4, -0.2) is 66.9 Å². The predicted molar refractivity (Wildman–Crippen MR) is 207 cm³/mol. The highest BCUT2D eigenvalue weighted by molar-refractivity contribution is 6.02. The van der Waals surface area contributed by atoms with Crippen molar-refractivity contribution in [2.45, 2.75) is 38.3 Å². The van der Waals surface area contributed by atoms with Gasteiger partial charge in [0.15, 0.2) is 40.3 Å². The normalized spacial score (nSPS) is 13.2. The average Bonchev–Trinajstić information content (AvgIpc) is 3.73. The summed E-state index contributed by atoms with van der Waals surface area (Å²) in [6.45, 7) is 1.11. The molecule has 1 amide bonds. The van der Waals surface area contributed by atoms with Crippen molar-refractivity contribution in [1.29, 1.82) is 0 Å². The lowest BCUT2D eigenvalue weighted by atomic mass is 10.0. The van der Waals surface area contributed by atoms with Crippen LogP contribution in [0.1, 0.15) is 54.2 Å². The zero-order valence-corrected chi connectivity index (χ0v) is 32.0. The zero-order valence-electron chi connectivity index (χ0n) is 32.0. The van der Waals surface area contributed by atoms with Gasteiger partial charge in [0, 0.05) is 22.9 Å². The number of carbonyl (C=O) groups excluding carboxylic acids is 1. The zero-order chi connectivity index (χ0) is 38.7. The molecule has 0 spiro atoms. The number of aromatic nitrogens is 1. The SMILES string of the molecule is COc1ccc2c(c1)C(=O)NC(c1ccc(OCCCCCCCOc3cc(-c4cc(-c5cc(OC)c(OC)c(OC)c5)on4)ccc3OC)c(OC)c1)N2. The lowest BCUT2D eigenvalue weighted by Gasteiger charge is -2.28. The Labute approximate surface area is 320 Å². The fraction of sp³-hybridized carbons (Fsp3) is 0.333. The van der Waals surface area contributed by atoms with E-state index in [0.29, 0.717) is 76.2 Å². The highest BCUT2D eigenvalue weighted by Gasteiger charge is 2.26. The maximum absolute atomic E-state index is 12.8. The predicted octanol–water partition coefficient (Wildman–Crippen LogP) is 8.32. The first kappa shape index (κ1) is 38.5. The van der Waals surface area contributed by atoms with Crippen LogP contribution in [0.25, 0.3) is 22.6 Å². The summed E-state index contributed by atoms with van der Waals surface area (Å²) in [6, 6.07) is 22.2. The number of nitrogens with one attached hydrogen (secondary N) is 2. The Morgan fingerprint density at radius 3 is 1.91 bits per heavy atom. The van der Waals surface area contributed by atoms with Gasteiger partial charge in [-0.25, -0.2) is 0 Å². The second kappa shape index (κ2) is 18.2. The van der Waals surface area contributed by atoms with Gasteiger partial charge in [-0.05, 0) is 79.1 Å². The van der Waals surface area contributed by atoms with Crippen molar-refractivity contribution in [2.75, 3.05) is 61.2 Å². The van der Waals surface area contributed by atoms with E-state index in [9.17, 15) is 4.79 Å². The van der Waals surface area contributed by atoms with Gasteiger partial charge in [-0.2, -0.15) is 0 Å². The minimum Gasteiger partial charge on any atom is -0.497 e. The molecule has 1 aliphatic heterocycles. The van der Waals surface area contributed by atoms with Crippen molar-refractivity contribution in [1.82, 2.24) is 10.5 Å². The van der Waals surface area contributed by atoms with Crippen LogP contribution in [-0.2, 0) is 0 Å². The second-order valence-corrected chi connectivity index (χ2v) is 12.7. The summed E-state index contributed by atoms with van der Waals surface area (Å²) in [5.41, 5.74) is 4.34. The van der Waals surface area contributed by atoms with Crippen molar-refractivity contribution in [3.8, 4) is 68.6 Å². The van der Waals surface area contributed by atoms with Crippen molar-refractivity contribution >= 4 is 11.6 Å². The van der Waals surface area contributed by atoms with Crippen molar-refractivity contribution in [2.24, 2.45) is 0 Å². The molecule has 55 heavy (non-hydrogen) atoms. The Morgan fingerprint density at radius 1 is 0.582 bits per heavy atom. The van der Waals surface area contributed by atoms with Crippen molar-refractivity contribution < 1.29 is 47.2 Å². The van der Waals surface area contributed by atoms with E-state index in [1.165, 1.54) is 0 Å². The molecule has 290 valence electrons. The molecule has 0 aliphatic carbocycles. The summed E-state index contributed by atoms with van der Waals surface area (Å²) in [4.78, 5) is 12.8. The molecule has 0 saturated carbocycles. The molecule has 1 aliphatic rings. The first-order chi connectivity index (χ1) is 26.9. The minimum absolute atomic E-state index is 0.176. The van der Waals surface area contributed by atoms with Gasteiger partial charge < -0.3 is 53.1 Å². The number of anilines is 1. The van der Waals surface area contributed by atoms with Gasteiger partial charge in [0.2, 0.25) is 5.75 Å². The number of carbonyl (C=O) groups is 1. The number of methoxy groups -OCH3 is 6.